The van der Waals surface area contributed by atoms with Crippen LogP contribution in [0.2, 0.25) is 0 Å². The fourth-order valence-electron chi connectivity index (χ4n) is 2.22. The number of carbonyl (C=O) groups is 3. The Hall–Kier alpha value is -1.59. The van der Waals surface area contributed by atoms with Crippen LogP contribution < -0.4 is 10.6 Å². The maximum Gasteiger partial charge on any atom is 0.243 e. The van der Waals surface area contributed by atoms with E-state index in [-0.39, 0.29) is 23.8 Å². The lowest BCUT2D eigenvalue weighted by Gasteiger charge is -2.30. The van der Waals surface area contributed by atoms with Crippen molar-refractivity contribution >= 4 is 17.7 Å². The maximum absolute atomic E-state index is 12.2. The minimum absolute atomic E-state index is 0.0719. The molecule has 0 spiro atoms. The van der Waals surface area contributed by atoms with Gasteiger partial charge in [-0.05, 0) is 26.7 Å². The number of rotatable bonds is 4. The van der Waals surface area contributed by atoms with Crippen molar-refractivity contribution in [3.05, 3.63) is 0 Å². The number of hydrogen-bond donors (Lipinski definition) is 2. The molecule has 0 radical (unpaired) electrons. The molecule has 1 rings (SSSR count). The second-order valence-electron chi connectivity index (χ2n) is 5.65. The van der Waals surface area contributed by atoms with Crippen LogP contribution in [-0.4, -0.2) is 47.3 Å². The summed E-state index contributed by atoms with van der Waals surface area (Å²) in [6, 6.07) is -0.380. The molecule has 0 saturated carbocycles. The van der Waals surface area contributed by atoms with Gasteiger partial charge in [0.1, 0.15) is 6.04 Å². The Labute approximate surface area is 113 Å². The molecule has 0 aromatic rings. The molecule has 19 heavy (non-hydrogen) atoms. The first-order chi connectivity index (χ1) is 8.73. The molecule has 0 aliphatic carbocycles. The Morgan fingerprint density at radius 2 is 1.89 bits per heavy atom. The average Bonchev–Trinajstić information content (AvgIpc) is 2.75. The van der Waals surface area contributed by atoms with E-state index in [1.807, 2.05) is 13.8 Å². The lowest BCUT2D eigenvalue weighted by Crippen LogP contribution is -2.56. The molecule has 0 aromatic carbocycles. The third-order valence-corrected chi connectivity index (χ3v) is 3.20. The van der Waals surface area contributed by atoms with Gasteiger partial charge in [0.05, 0.1) is 5.54 Å². The van der Waals surface area contributed by atoms with E-state index in [1.165, 1.54) is 13.8 Å². The van der Waals surface area contributed by atoms with E-state index in [0.29, 0.717) is 19.5 Å². The molecule has 1 heterocycles. The molecule has 1 atom stereocenters. The molecular formula is C13H23N3O3. The van der Waals surface area contributed by atoms with Crippen molar-refractivity contribution in [1.82, 2.24) is 15.5 Å². The van der Waals surface area contributed by atoms with Crippen molar-refractivity contribution < 1.29 is 14.4 Å². The molecular weight excluding hydrogens is 246 g/mol. The number of hydrogen-bond acceptors (Lipinski definition) is 3. The fourth-order valence-corrected chi connectivity index (χ4v) is 2.22. The summed E-state index contributed by atoms with van der Waals surface area (Å²) in [5, 5.41) is 5.57. The highest BCUT2D eigenvalue weighted by Crippen LogP contribution is 2.18. The number of nitrogens with zero attached hydrogens (tertiary/aromatic N) is 1. The molecule has 6 heteroatoms. The second-order valence-corrected chi connectivity index (χ2v) is 5.65. The Bertz CT molecular complexity index is 379. The summed E-state index contributed by atoms with van der Waals surface area (Å²) in [6.45, 7) is 7.60. The van der Waals surface area contributed by atoms with Gasteiger partial charge < -0.3 is 15.5 Å². The zero-order valence-electron chi connectivity index (χ0n) is 12.1. The summed E-state index contributed by atoms with van der Waals surface area (Å²) in [7, 11) is 0. The third-order valence-electron chi connectivity index (χ3n) is 3.20. The summed E-state index contributed by atoms with van der Waals surface area (Å²) in [5.74, 6) is -0.353. The van der Waals surface area contributed by atoms with Gasteiger partial charge >= 0.3 is 0 Å². The molecule has 2 N–H and O–H groups in total. The van der Waals surface area contributed by atoms with Crippen LogP contribution in [0.15, 0.2) is 0 Å². The van der Waals surface area contributed by atoms with E-state index in [4.69, 9.17) is 0 Å². The van der Waals surface area contributed by atoms with Crippen molar-refractivity contribution in [2.24, 2.45) is 0 Å². The first-order valence-corrected chi connectivity index (χ1v) is 6.56. The van der Waals surface area contributed by atoms with Gasteiger partial charge in [0.15, 0.2) is 0 Å². The Kier molecular flexibility index (Phi) is 4.91. The first-order valence-electron chi connectivity index (χ1n) is 6.56. The average molecular weight is 269 g/mol. The van der Waals surface area contributed by atoms with Gasteiger partial charge in [-0.3, -0.25) is 14.4 Å². The lowest BCUT2D eigenvalue weighted by molar-refractivity contribution is -0.137. The van der Waals surface area contributed by atoms with Crippen LogP contribution in [0.5, 0.6) is 0 Å². The van der Waals surface area contributed by atoms with E-state index in [1.54, 1.807) is 4.90 Å². The van der Waals surface area contributed by atoms with Gasteiger partial charge in [-0.2, -0.15) is 0 Å². The summed E-state index contributed by atoms with van der Waals surface area (Å²) in [4.78, 5) is 36.1. The van der Waals surface area contributed by atoms with Gasteiger partial charge in [0.2, 0.25) is 17.7 Å². The van der Waals surface area contributed by atoms with Gasteiger partial charge in [-0.1, -0.05) is 0 Å². The summed E-state index contributed by atoms with van der Waals surface area (Å²) < 4.78 is 0. The highest BCUT2D eigenvalue weighted by Gasteiger charge is 2.34. The minimum Gasteiger partial charge on any atom is -0.354 e. The predicted molar refractivity (Wildman–Crippen MR) is 71.3 cm³/mol. The number of nitrogens with one attached hydrogen (secondary N) is 2. The summed E-state index contributed by atoms with van der Waals surface area (Å²) in [5.41, 5.74) is -0.534. The molecule has 0 bridgehead atoms. The second kappa shape index (κ2) is 6.04. The lowest BCUT2D eigenvalue weighted by atomic mass is 10.0. The van der Waals surface area contributed by atoms with E-state index >= 15 is 0 Å². The van der Waals surface area contributed by atoms with Gasteiger partial charge in [0.25, 0.3) is 0 Å². The van der Waals surface area contributed by atoms with Crippen LogP contribution in [0.3, 0.4) is 0 Å². The topological polar surface area (TPSA) is 78.5 Å². The molecule has 1 fully saturated rings. The Morgan fingerprint density at radius 1 is 1.26 bits per heavy atom. The molecule has 0 unspecified atom stereocenters. The molecule has 108 valence electrons. The first kappa shape index (κ1) is 15.5. The SMILES string of the molecule is CC(=O)NCC(C)(C)NC(=O)[C@H]1CCCN1C(C)=O. The zero-order chi connectivity index (χ0) is 14.6. The monoisotopic (exact) mass is 269 g/mol. The van der Waals surface area contributed by atoms with Crippen LogP contribution in [0, 0.1) is 0 Å². The quantitative estimate of drug-likeness (QED) is 0.755. The number of amides is 3. The largest absolute Gasteiger partial charge is 0.354 e. The predicted octanol–water partition coefficient (Wildman–Crippen LogP) is 0.0282. The molecule has 1 aliphatic heterocycles. The minimum atomic E-state index is -0.534. The van der Waals surface area contributed by atoms with Crippen LogP contribution in [0.1, 0.15) is 40.5 Å². The van der Waals surface area contributed by atoms with Gasteiger partial charge in [0, 0.05) is 26.9 Å². The standard InChI is InChI=1S/C13H23N3O3/c1-9(17)14-8-13(3,4)15-12(19)11-6-5-7-16(11)10(2)18/h11H,5-8H2,1-4H3,(H,14,17)(H,15,19)/t11-/m1/s1. The molecule has 6 nitrogen and oxygen atoms in total. The van der Waals surface area contributed by atoms with Crippen molar-refractivity contribution in [2.75, 3.05) is 13.1 Å². The highest BCUT2D eigenvalue weighted by molar-refractivity contribution is 5.88. The third kappa shape index (κ3) is 4.54. The van der Waals surface area contributed by atoms with E-state index < -0.39 is 5.54 Å². The van der Waals surface area contributed by atoms with Crippen LogP contribution in [0.25, 0.3) is 0 Å². The smallest absolute Gasteiger partial charge is 0.243 e. The van der Waals surface area contributed by atoms with Crippen LogP contribution in [-0.2, 0) is 14.4 Å². The summed E-state index contributed by atoms with van der Waals surface area (Å²) in [6.07, 6.45) is 1.55. The molecule has 1 saturated heterocycles. The molecule has 1 aliphatic rings. The normalized spacial score (nSPS) is 19.2. The van der Waals surface area contributed by atoms with Crippen LogP contribution >= 0.6 is 0 Å². The number of carbonyl (C=O) groups excluding carboxylic acids is 3. The number of likely N-dealkylation sites (tertiary alicyclic amines) is 1. The zero-order valence-corrected chi connectivity index (χ0v) is 12.1. The van der Waals surface area contributed by atoms with Crippen molar-refractivity contribution in [3.8, 4) is 0 Å². The highest BCUT2D eigenvalue weighted by atomic mass is 16.2. The van der Waals surface area contributed by atoms with Crippen molar-refractivity contribution in [1.29, 1.82) is 0 Å². The van der Waals surface area contributed by atoms with Crippen molar-refractivity contribution in [3.63, 3.8) is 0 Å². The van der Waals surface area contributed by atoms with Gasteiger partial charge in [-0.25, -0.2) is 0 Å². The van der Waals surface area contributed by atoms with Crippen LogP contribution in [0.4, 0.5) is 0 Å². The van der Waals surface area contributed by atoms with E-state index in [0.717, 1.165) is 6.42 Å². The Morgan fingerprint density at radius 3 is 2.42 bits per heavy atom. The molecule has 3 amide bonds. The van der Waals surface area contributed by atoms with E-state index in [9.17, 15) is 14.4 Å². The molecule has 0 aromatic heterocycles. The van der Waals surface area contributed by atoms with E-state index in [2.05, 4.69) is 10.6 Å². The van der Waals surface area contributed by atoms with Gasteiger partial charge in [-0.15, -0.1) is 0 Å². The van der Waals surface area contributed by atoms with Crippen molar-refractivity contribution in [2.45, 2.75) is 52.1 Å². The maximum atomic E-state index is 12.2. The summed E-state index contributed by atoms with van der Waals surface area (Å²) >= 11 is 0. The fraction of sp³-hybridized carbons (Fsp3) is 0.769. The Balaban J connectivity index is 2.58.